The van der Waals surface area contributed by atoms with Crippen LogP contribution in [-0.2, 0) is 34.0 Å². The molecule has 0 bridgehead atoms. The van der Waals surface area contributed by atoms with Crippen molar-refractivity contribution in [3.63, 3.8) is 0 Å². The van der Waals surface area contributed by atoms with Crippen LogP contribution in [0, 0.1) is 46.3 Å². The minimum Gasteiger partial charge on any atom is -0.396 e. The molecule has 6 unspecified atom stereocenters. The predicted molar refractivity (Wildman–Crippen MR) is 221 cm³/mol. The van der Waals surface area contributed by atoms with Gasteiger partial charge in [-0.2, -0.15) is 0 Å². The van der Waals surface area contributed by atoms with Gasteiger partial charge in [0.2, 0.25) is 0 Å². The summed E-state index contributed by atoms with van der Waals surface area (Å²) >= 11 is 0. The van der Waals surface area contributed by atoms with E-state index in [1.165, 1.54) is 35.1 Å². The molecular weight excluding hydrogens is 681 g/mol. The zero-order valence-electron chi connectivity index (χ0n) is 34.2. The van der Waals surface area contributed by atoms with Gasteiger partial charge in [0.15, 0.2) is 0 Å². The molecule has 7 rings (SSSR count). The monoisotopic (exact) mass is 749 g/mol. The topological polar surface area (TPSA) is 68.2 Å². The Labute approximate surface area is 331 Å². The minimum absolute atomic E-state index is 0.0306. The van der Waals surface area contributed by atoms with Gasteiger partial charge in [0.05, 0.1) is 43.7 Å². The summed E-state index contributed by atoms with van der Waals surface area (Å²) in [4.78, 5) is 0. The van der Waals surface area contributed by atoms with E-state index in [4.69, 9.17) is 14.2 Å². The van der Waals surface area contributed by atoms with Gasteiger partial charge in [-0.3, -0.25) is 0 Å². The lowest BCUT2D eigenvalue weighted by Crippen LogP contribution is -2.74. The molecule has 0 aromatic heterocycles. The first-order chi connectivity index (χ1) is 26.6. The van der Waals surface area contributed by atoms with E-state index in [0.29, 0.717) is 44.0 Å². The molecular formula is C50H68O5. The summed E-state index contributed by atoms with van der Waals surface area (Å²) in [6.45, 7) is 13.6. The van der Waals surface area contributed by atoms with Crippen LogP contribution in [-0.4, -0.2) is 40.7 Å². The highest BCUT2D eigenvalue weighted by atomic mass is 16.5. The molecule has 0 aliphatic heterocycles. The molecule has 2 N–H and O–H groups in total. The maximum absolute atomic E-state index is 11.9. The van der Waals surface area contributed by atoms with Crippen molar-refractivity contribution in [3.8, 4) is 0 Å². The molecule has 3 aromatic carbocycles. The molecule has 298 valence electrons. The number of aliphatic hydroxyl groups excluding tert-OH is 2. The number of hydrogen-bond donors (Lipinski definition) is 2. The minimum atomic E-state index is -0.458. The quantitative estimate of drug-likeness (QED) is 0.143. The van der Waals surface area contributed by atoms with Crippen LogP contribution in [0.1, 0.15) is 109 Å². The van der Waals surface area contributed by atoms with Crippen molar-refractivity contribution in [1.29, 1.82) is 0 Å². The normalized spacial score (nSPS) is 33.2. The SMILES string of the molecule is CC(C)C(CCO)CC(O)C(C)C1=CCC2C3[C@@H](OCc4ccccc4)[C@H](OCc4ccccc4)C4CCCC[C@]4(C)[C@@]3(OCc3ccccc3)CC[C@]12C. The Hall–Kier alpha value is -2.80. The second kappa shape index (κ2) is 17.4. The van der Waals surface area contributed by atoms with Gasteiger partial charge in [0.1, 0.15) is 0 Å². The Balaban J connectivity index is 1.30. The van der Waals surface area contributed by atoms with Crippen molar-refractivity contribution in [2.24, 2.45) is 46.3 Å². The van der Waals surface area contributed by atoms with Gasteiger partial charge in [0, 0.05) is 23.9 Å². The summed E-state index contributed by atoms with van der Waals surface area (Å²) in [5.41, 5.74) is 4.40. The zero-order valence-corrected chi connectivity index (χ0v) is 34.2. The fourth-order valence-electron chi connectivity index (χ4n) is 12.2. The molecule has 0 spiro atoms. The van der Waals surface area contributed by atoms with Gasteiger partial charge in [-0.25, -0.2) is 0 Å². The number of benzene rings is 3. The Morgan fingerprint density at radius 2 is 1.29 bits per heavy atom. The average Bonchev–Trinajstić information content (AvgIpc) is 3.56. The fraction of sp³-hybridized carbons (Fsp3) is 0.600. The van der Waals surface area contributed by atoms with Crippen LogP contribution >= 0.6 is 0 Å². The van der Waals surface area contributed by atoms with E-state index < -0.39 is 11.7 Å². The first-order valence-corrected chi connectivity index (χ1v) is 21.6. The molecule has 55 heavy (non-hydrogen) atoms. The molecule has 5 nitrogen and oxygen atoms in total. The Bertz CT molecular complexity index is 1680. The summed E-state index contributed by atoms with van der Waals surface area (Å²) in [7, 11) is 0. The van der Waals surface area contributed by atoms with Crippen LogP contribution < -0.4 is 0 Å². The van der Waals surface area contributed by atoms with Gasteiger partial charge in [-0.05, 0) is 90.7 Å². The molecule has 4 aliphatic rings. The highest BCUT2D eigenvalue weighted by molar-refractivity contribution is 5.32. The third kappa shape index (κ3) is 7.91. The first kappa shape index (κ1) is 40.4. The molecule has 5 heteroatoms. The van der Waals surface area contributed by atoms with Crippen molar-refractivity contribution >= 4 is 0 Å². The van der Waals surface area contributed by atoms with E-state index >= 15 is 0 Å². The predicted octanol–water partition coefficient (Wildman–Crippen LogP) is 10.7. The molecule has 0 heterocycles. The van der Waals surface area contributed by atoms with Gasteiger partial charge < -0.3 is 24.4 Å². The Kier molecular flexibility index (Phi) is 12.8. The van der Waals surface area contributed by atoms with Crippen molar-refractivity contribution in [3.05, 3.63) is 119 Å². The van der Waals surface area contributed by atoms with E-state index in [0.717, 1.165) is 38.5 Å². The van der Waals surface area contributed by atoms with Crippen molar-refractivity contribution < 1.29 is 24.4 Å². The summed E-state index contributed by atoms with van der Waals surface area (Å²) in [5, 5.41) is 21.7. The lowest BCUT2D eigenvalue weighted by Gasteiger charge is -2.69. The zero-order chi connectivity index (χ0) is 38.6. The molecule has 11 atom stereocenters. The van der Waals surface area contributed by atoms with Gasteiger partial charge >= 0.3 is 0 Å². The highest BCUT2D eigenvalue weighted by Crippen LogP contribution is 2.71. The maximum atomic E-state index is 11.9. The summed E-state index contributed by atoms with van der Waals surface area (Å²) in [6, 6.07) is 32.0. The highest BCUT2D eigenvalue weighted by Gasteiger charge is 2.72. The van der Waals surface area contributed by atoms with Crippen molar-refractivity contribution in [2.45, 2.75) is 136 Å². The lowest BCUT2D eigenvalue weighted by molar-refractivity contribution is -0.324. The molecule has 0 amide bonds. The molecule has 0 saturated heterocycles. The number of fused-ring (bicyclic) bond motifs is 5. The van der Waals surface area contributed by atoms with E-state index in [9.17, 15) is 10.2 Å². The first-order valence-electron chi connectivity index (χ1n) is 21.6. The van der Waals surface area contributed by atoms with E-state index in [1.54, 1.807) is 0 Å². The second-order valence-electron chi connectivity index (χ2n) is 18.5. The van der Waals surface area contributed by atoms with Crippen molar-refractivity contribution in [2.75, 3.05) is 6.61 Å². The Morgan fingerprint density at radius 1 is 0.709 bits per heavy atom. The smallest absolute Gasteiger partial charge is 0.0903 e. The molecule has 3 fully saturated rings. The number of ether oxygens (including phenoxy) is 3. The fourth-order valence-corrected chi connectivity index (χ4v) is 12.2. The van der Waals surface area contributed by atoms with Gasteiger partial charge in [-0.1, -0.05) is 150 Å². The van der Waals surface area contributed by atoms with Gasteiger partial charge in [-0.15, -0.1) is 0 Å². The van der Waals surface area contributed by atoms with E-state index in [2.05, 4.69) is 132 Å². The van der Waals surface area contributed by atoms with Crippen LogP contribution in [0.15, 0.2) is 103 Å². The summed E-state index contributed by atoms with van der Waals surface area (Å²) in [5.74, 6) is 1.41. The van der Waals surface area contributed by atoms with Crippen LogP contribution in [0.3, 0.4) is 0 Å². The largest absolute Gasteiger partial charge is 0.396 e. The number of aliphatic hydroxyl groups is 2. The van der Waals surface area contributed by atoms with Crippen LogP contribution in [0.25, 0.3) is 0 Å². The average molecular weight is 749 g/mol. The molecule has 0 radical (unpaired) electrons. The van der Waals surface area contributed by atoms with Crippen LogP contribution in [0.2, 0.25) is 0 Å². The lowest BCUT2D eigenvalue weighted by atomic mass is 9.41. The van der Waals surface area contributed by atoms with Crippen molar-refractivity contribution in [1.82, 2.24) is 0 Å². The molecule has 3 aromatic rings. The maximum Gasteiger partial charge on any atom is 0.0903 e. The molecule has 4 aliphatic carbocycles. The number of hydrogen-bond acceptors (Lipinski definition) is 5. The van der Waals surface area contributed by atoms with E-state index in [-0.39, 0.29) is 47.4 Å². The third-order valence-electron chi connectivity index (χ3n) is 15.3. The van der Waals surface area contributed by atoms with E-state index in [1.807, 2.05) is 0 Å². The summed E-state index contributed by atoms with van der Waals surface area (Å²) in [6.07, 6.45) is 10.8. The standard InChI is InChI=1S/C50H68O5/c1-35(2)40(26-30-51)31-44(52)36(3)41-24-25-42-45-47(54-33-38-19-11-7-12-20-38)46(53-32-37-17-9-6-10-18-37)43-23-15-16-27-49(43,5)50(45,29-28-48(41,42)4)55-34-39-21-13-8-14-22-39/h6-14,17-22,24,35-36,40,42-47,51-52H,15-16,23,25-34H2,1-5H3/t36?,40?,42?,43?,44?,45?,46-,47-,48-,49+,50-/m1/s1. The molecule has 3 saturated carbocycles. The van der Waals surface area contributed by atoms with Crippen LogP contribution in [0.5, 0.6) is 0 Å². The van der Waals surface area contributed by atoms with Crippen LogP contribution in [0.4, 0.5) is 0 Å². The summed E-state index contributed by atoms with van der Waals surface area (Å²) < 4.78 is 22.4. The second-order valence-corrected chi connectivity index (χ2v) is 18.5. The number of rotatable bonds is 16. The third-order valence-corrected chi connectivity index (χ3v) is 15.3. The Morgan fingerprint density at radius 3 is 1.87 bits per heavy atom. The van der Waals surface area contributed by atoms with Gasteiger partial charge in [0.25, 0.3) is 0 Å². The number of allylic oxidation sites excluding steroid dienone is 1.